The fourth-order valence-electron chi connectivity index (χ4n) is 3.35. The third-order valence-corrected chi connectivity index (χ3v) is 4.94. The Morgan fingerprint density at radius 1 is 1.00 bits per heavy atom. The predicted molar refractivity (Wildman–Crippen MR) is 97.7 cm³/mol. The molecule has 2 aromatic rings. The number of carbonyl (C=O) groups excluding carboxylic acids is 2. The minimum Gasteiger partial charge on any atom is -0.349 e. The number of carbonyl (C=O) groups is 2. The highest BCUT2D eigenvalue weighted by molar-refractivity contribution is 5.89. The zero-order chi connectivity index (χ0) is 17.8. The van der Waals surface area contributed by atoms with E-state index in [0.717, 1.165) is 11.1 Å². The summed E-state index contributed by atoms with van der Waals surface area (Å²) in [5.41, 5.74) is 2.16. The molecule has 0 aliphatic carbocycles. The molecule has 0 saturated carbocycles. The molecular weight excluding hydrogens is 312 g/mol. The third-order valence-electron chi connectivity index (χ3n) is 4.94. The van der Waals surface area contributed by atoms with Crippen LogP contribution >= 0.6 is 0 Å². The molecule has 0 unspecified atom stereocenters. The molecule has 3 atom stereocenters. The van der Waals surface area contributed by atoms with Crippen LogP contribution in [0.3, 0.4) is 0 Å². The van der Waals surface area contributed by atoms with Gasteiger partial charge in [0.2, 0.25) is 11.8 Å². The summed E-state index contributed by atoms with van der Waals surface area (Å²) >= 11 is 0. The van der Waals surface area contributed by atoms with E-state index < -0.39 is 0 Å². The van der Waals surface area contributed by atoms with Gasteiger partial charge in [-0.05, 0) is 25.0 Å². The minimum absolute atomic E-state index is 0.0157. The Labute approximate surface area is 148 Å². The van der Waals surface area contributed by atoms with Crippen molar-refractivity contribution < 1.29 is 9.59 Å². The first-order chi connectivity index (χ1) is 12.1. The van der Waals surface area contributed by atoms with Crippen molar-refractivity contribution in [1.29, 1.82) is 0 Å². The summed E-state index contributed by atoms with van der Waals surface area (Å²) in [5.74, 6) is -0.291. The fourth-order valence-corrected chi connectivity index (χ4v) is 3.35. The van der Waals surface area contributed by atoms with Gasteiger partial charge in [0, 0.05) is 13.0 Å². The van der Waals surface area contributed by atoms with Crippen molar-refractivity contribution >= 4 is 11.8 Å². The highest BCUT2D eigenvalue weighted by Crippen LogP contribution is 2.29. The Kier molecular flexibility index (Phi) is 5.17. The number of nitrogens with zero attached hydrogens (tertiary/aromatic N) is 1. The molecule has 4 nitrogen and oxygen atoms in total. The fraction of sp³-hybridized carbons (Fsp3) is 0.333. The van der Waals surface area contributed by atoms with Gasteiger partial charge in [-0.15, -0.1) is 0 Å². The Bertz CT molecular complexity index is 730. The van der Waals surface area contributed by atoms with Crippen LogP contribution < -0.4 is 5.32 Å². The highest BCUT2D eigenvalue weighted by atomic mass is 16.2. The first-order valence-electron chi connectivity index (χ1n) is 8.76. The molecular formula is C21H24N2O2. The number of rotatable bonds is 5. The van der Waals surface area contributed by atoms with Gasteiger partial charge in [0.25, 0.3) is 0 Å². The lowest BCUT2D eigenvalue weighted by Crippen LogP contribution is -2.35. The van der Waals surface area contributed by atoms with E-state index in [-0.39, 0.29) is 36.2 Å². The summed E-state index contributed by atoms with van der Waals surface area (Å²) in [6, 6.07) is 19.7. The second kappa shape index (κ2) is 7.51. The maximum atomic E-state index is 12.6. The summed E-state index contributed by atoms with van der Waals surface area (Å²) in [5, 5.41) is 3.04. The lowest BCUT2D eigenvalue weighted by molar-refractivity contribution is -0.130. The van der Waals surface area contributed by atoms with Gasteiger partial charge in [0.1, 0.15) is 0 Å². The van der Waals surface area contributed by atoms with Gasteiger partial charge >= 0.3 is 0 Å². The molecule has 1 aliphatic rings. The molecule has 25 heavy (non-hydrogen) atoms. The Morgan fingerprint density at radius 2 is 1.56 bits per heavy atom. The van der Waals surface area contributed by atoms with Crippen molar-refractivity contribution in [2.75, 3.05) is 6.54 Å². The van der Waals surface area contributed by atoms with Crippen LogP contribution in [0.1, 0.15) is 43.5 Å². The Hall–Kier alpha value is -2.62. The molecule has 3 rings (SSSR count). The maximum Gasteiger partial charge on any atom is 0.225 e. The highest BCUT2D eigenvalue weighted by Gasteiger charge is 2.37. The van der Waals surface area contributed by atoms with E-state index >= 15 is 0 Å². The summed E-state index contributed by atoms with van der Waals surface area (Å²) in [4.78, 5) is 26.8. The van der Waals surface area contributed by atoms with Crippen LogP contribution in [0.5, 0.6) is 0 Å². The van der Waals surface area contributed by atoms with E-state index in [2.05, 4.69) is 5.32 Å². The predicted octanol–water partition coefficient (Wildman–Crippen LogP) is 3.47. The van der Waals surface area contributed by atoms with E-state index in [1.54, 1.807) is 0 Å². The molecule has 1 aliphatic heterocycles. The van der Waals surface area contributed by atoms with Crippen LogP contribution in [0.15, 0.2) is 60.7 Å². The van der Waals surface area contributed by atoms with Crippen molar-refractivity contribution in [1.82, 2.24) is 10.2 Å². The number of benzene rings is 2. The number of likely N-dealkylation sites (tertiary alicyclic amines) is 1. The second-order valence-electron chi connectivity index (χ2n) is 6.67. The van der Waals surface area contributed by atoms with Gasteiger partial charge in [-0.2, -0.15) is 0 Å². The van der Waals surface area contributed by atoms with Gasteiger partial charge in [-0.3, -0.25) is 9.59 Å². The van der Waals surface area contributed by atoms with Crippen molar-refractivity contribution in [3.8, 4) is 0 Å². The summed E-state index contributed by atoms with van der Waals surface area (Å²) < 4.78 is 0. The topological polar surface area (TPSA) is 49.4 Å². The van der Waals surface area contributed by atoms with Crippen molar-refractivity contribution in [2.45, 2.75) is 32.4 Å². The Morgan fingerprint density at radius 3 is 2.16 bits per heavy atom. The average molecular weight is 336 g/mol. The standard InChI is InChI=1S/C21H24N2O2/c1-15(17-9-5-3-6-10-17)22-21(25)19-13-20(24)23(14-19)16(2)18-11-7-4-8-12-18/h3-12,15-16,19H,13-14H2,1-2H3,(H,22,25)/t15-,16-,19-/m0/s1. The van der Waals surface area contributed by atoms with Gasteiger partial charge in [0.15, 0.2) is 0 Å². The molecule has 130 valence electrons. The first kappa shape index (κ1) is 17.2. The quantitative estimate of drug-likeness (QED) is 0.909. The van der Waals surface area contributed by atoms with Crippen LogP contribution in [0.4, 0.5) is 0 Å². The SMILES string of the molecule is C[C@H](NC(=O)[C@H]1CC(=O)N([C@@H](C)c2ccccc2)C1)c1ccccc1. The molecule has 0 radical (unpaired) electrons. The minimum atomic E-state index is -0.287. The average Bonchev–Trinajstić information content (AvgIpc) is 3.04. The zero-order valence-corrected chi connectivity index (χ0v) is 14.7. The van der Waals surface area contributed by atoms with E-state index in [4.69, 9.17) is 0 Å². The van der Waals surface area contributed by atoms with Crippen LogP contribution in [0.25, 0.3) is 0 Å². The summed E-state index contributed by atoms with van der Waals surface area (Å²) in [6.07, 6.45) is 0.282. The molecule has 2 aromatic carbocycles. The largest absolute Gasteiger partial charge is 0.349 e. The molecule has 0 aromatic heterocycles. The molecule has 0 bridgehead atoms. The monoisotopic (exact) mass is 336 g/mol. The number of hydrogen-bond acceptors (Lipinski definition) is 2. The zero-order valence-electron chi connectivity index (χ0n) is 14.7. The molecule has 4 heteroatoms. The smallest absolute Gasteiger partial charge is 0.225 e. The molecule has 1 N–H and O–H groups in total. The van der Waals surface area contributed by atoms with E-state index in [0.29, 0.717) is 6.54 Å². The molecule has 1 saturated heterocycles. The number of hydrogen-bond donors (Lipinski definition) is 1. The van der Waals surface area contributed by atoms with Crippen molar-refractivity contribution in [2.24, 2.45) is 5.92 Å². The van der Waals surface area contributed by atoms with E-state index in [9.17, 15) is 9.59 Å². The third kappa shape index (κ3) is 3.90. The van der Waals surface area contributed by atoms with Crippen molar-refractivity contribution in [3.63, 3.8) is 0 Å². The maximum absolute atomic E-state index is 12.6. The van der Waals surface area contributed by atoms with Crippen LogP contribution in [-0.4, -0.2) is 23.3 Å². The van der Waals surface area contributed by atoms with Gasteiger partial charge in [-0.25, -0.2) is 0 Å². The molecule has 2 amide bonds. The normalized spacial score (nSPS) is 19.5. The molecule has 1 fully saturated rings. The first-order valence-corrected chi connectivity index (χ1v) is 8.76. The van der Waals surface area contributed by atoms with Gasteiger partial charge in [0.05, 0.1) is 18.0 Å². The van der Waals surface area contributed by atoms with E-state index in [1.807, 2.05) is 79.4 Å². The lowest BCUT2D eigenvalue weighted by Gasteiger charge is -2.25. The van der Waals surface area contributed by atoms with E-state index in [1.165, 1.54) is 0 Å². The summed E-state index contributed by atoms with van der Waals surface area (Å²) in [7, 11) is 0. The molecule has 0 spiro atoms. The summed E-state index contributed by atoms with van der Waals surface area (Å²) in [6.45, 7) is 4.46. The van der Waals surface area contributed by atoms with Crippen LogP contribution in [0, 0.1) is 5.92 Å². The van der Waals surface area contributed by atoms with Crippen LogP contribution in [-0.2, 0) is 9.59 Å². The number of nitrogens with one attached hydrogen (secondary N) is 1. The Balaban J connectivity index is 1.63. The van der Waals surface area contributed by atoms with Crippen LogP contribution in [0.2, 0.25) is 0 Å². The van der Waals surface area contributed by atoms with Gasteiger partial charge < -0.3 is 10.2 Å². The van der Waals surface area contributed by atoms with Crippen molar-refractivity contribution in [3.05, 3.63) is 71.8 Å². The lowest BCUT2D eigenvalue weighted by atomic mass is 10.0. The molecule has 1 heterocycles. The number of amides is 2. The van der Waals surface area contributed by atoms with Gasteiger partial charge in [-0.1, -0.05) is 60.7 Å². The second-order valence-corrected chi connectivity index (χ2v) is 6.67.